The average molecular weight is 866 g/mol. The molecule has 0 aromatic heterocycles. The summed E-state index contributed by atoms with van der Waals surface area (Å²) in [7, 11) is -2.31. The van der Waals surface area contributed by atoms with Gasteiger partial charge in [0.05, 0.1) is 25.2 Å². The van der Waals surface area contributed by atoms with E-state index in [-0.39, 0.29) is 38.2 Å². The molecule has 4 N–H and O–H groups in total. The largest absolute Gasteiger partial charge is 0.491 e. The number of benzene rings is 5. The highest BCUT2D eigenvalue weighted by atomic mass is 35.5. The molecule has 12 nitrogen and oxygen atoms in total. The van der Waals surface area contributed by atoms with Gasteiger partial charge in [-0.25, -0.2) is 0 Å². The third-order valence-electron chi connectivity index (χ3n) is 12.9. The van der Waals surface area contributed by atoms with Crippen LogP contribution in [0, 0.1) is 6.92 Å². The fraction of sp³-hybridized carbons (Fsp3) is 0.292. The van der Waals surface area contributed by atoms with Crippen LogP contribution in [0.3, 0.4) is 0 Å². The number of rotatable bonds is 11. The molecule has 1 saturated heterocycles. The van der Waals surface area contributed by atoms with Crippen molar-refractivity contribution in [3.05, 3.63) is 165 Å². The molecule has 15 heteroatoms. The maximum Gasteiger partial charge on any atom is 0.491 e. The molecule has 1 unspecified atom stereocenters. The highest BCUT2D eigenvalue weighted by Gasteiger charge is 2.48. The minimum Gasteiger partial charge on any atom is -0.444 e. The lowest BCUT2D eigenvalue weighted by Gasteiger charge is -2.38. The van der Waals surface area contributed by atoms with Crippen LogP contribution in [-0.4, -0.2) is 77.0 Å². The van der Waals surface area contributed by atoms with Crippen LogP contribution >= 0.6 is 11.6 Å². The number of hydrogen-bond acceptors (Lipinski definition) is 9. The molecule has 63 heavy (non-hydrogen) atoms. The lowest BCUT2D eigenvalue weighted by atomic mass is 9.78. The van der Waals surface area contributed by atoms with Gasteiger partial charge in [0.1, 0.15) is 6.04 Å². The molecule has 3 heterocycles. The maximum atomic E-state index is 14.8. The van der Waals surface area contributed by atoms with Gasteiger partial charge in [-0.3, -0.25) is 19.2 Å². The Morgan fingerprint density at radius 2 is 1.41 bits per heavy atom. The molecule has 0 bridgehead atoms. The van der Waals surface area contributed by atoms with Crippen LogP contribution < -0.4 is 21.6 Å². The van der Waals surface area contributed by atoms with Crippen LogP contribution in [-0.2, 0) is 42.4 Å². The van der Waals surface area contributed by atoms with Crippen molar-refractivity contribution >= 4 is 60.5 Å². The number of nitrogens with one attached hydrogen (secondary N) is 2. The first-order valence-electron chi connectivity index (χ1n) is 21.3. The van der Waals surface area contributed by atoms with Gasteiger partial charge in [-0.1, -0.05) is 115 Å². The van der Waals surface area contributed by atoms with Crippen LogP contribution in [0.4, 0.5) is 0 Å². The van der Waals surface area contributed by atoms with Crippen LogP contribution in [0.1, 0.15) is 92.6 Å². The lowest BCUT2D eigenvalue weighted by Crippen LogP contribution is -2.55. The van der Waals surface area contributed by atoms with Gasteiger partial charge >= 0.3 is 20.2 Å². The summed E-state index contributed by atoms with van der Waals surface area (Å²) >= 11 is 6.95. The Labute approximate surface area is 371 Å². The second kappa shape index (κ2) is 17.4. The van der Waals surface area contributed by atoms with E-state index in [2.05, 4.69) is 10.6 Å². The fourth-order valence-corrected chi connectivity index (χ4v) is 9.90. The first-order valence-corrected chi connectivity index (χ1v) is 21.7. The van der Waals surface area contributed by atoms with Crippen molar-refractivity contribution in [1.82, 2.24) is 15.5 Å². The van der Waals surface area contributed by atoms with Gasteiger partial charge in [-0.2, -0.15) is 0 Å². The highest BCUT2D eigenvalue weighted by Crippen LogP contribution is 2.45. The van der Waals surface area contributed by atoms with E-state index in [1.54, 1.807) is 42.5 Å². The summed E-state index contributed by atoms with van der Waals surface area (Å²) in [5, 5.41) is 27.4. The van der Waals surface area contributed by atoms with Crippen molar-refractivity contribution in [3.63, 3.8) is 0 Å². The number of fused-ring (bicyclic) bond motifs is 2. The molecule has 0 radical (unpaired) electrons. The highest BCUT2D eigenvalue weighted by molar-refractivity contribution is 6.62. The third-order valence-corrected chi connectivity index (χ3v) is 13.2. The van der Waals surface area contributed by atoms with Gasteiger partial charge in [0, 0.05) is 45.4 Å². The smallest absolute Gasteiger partial charge is 0.444 e. The predicted molar refractivity (Wildman–Crippen MR) is 237 cm³/mol. The van der Waals surface area contributed by atoms with E-state index >= 15 is 0 Å². The zero-order valence-corrected chi connectivity index (χ0v) is 35.5. The van der Waals surface area contributed by atoms with Crippen molar-refractivity contribution in [1.29, 1.82) is 0 Å². The number of halogens is 1. The lowest BCUT2D eigenvalue weighted by molar-refractivity contribution is -0.155. The molecule has 3 aliphatic heterocycles. The van der Waals surface area contributed by atoms with Crippen LogP contribution in [0.2, 0.25) is 5.02 Å². The number of likely N-dealkylation sites (tertiary alicyclic amines) is 1. The van der Waals surface area contributed by atoms with Gasteiger partial charge in [-0.05, 0) is 78.6 Å². The van der Waals surface area contributed by atoms with E-state index in [1.165, 1.54) is 4.90 Å². The Morgan fingerprint density at radius 1 is 0.810 bits per heavy atom. The van der Waals surface area contributed by atoms with E-state index in [4.69, 9.17) is 25.6 Å². The van der Waals surface area contributed by atoms with Crippen LogP contribution in [0.15, 0.2) is 115 Å². The summed E-state index contributed by atoms with van der Waals surface area (Å²) in [4.78, 5) is 59.0. The standard InChI is InChI=1S/C48H46B2ClN3O9/c1-30-13-19-36(20-14-30)48(35-9-3-2-4-10-35,38-11-5-6-12-41(38)51)63-43(55)26-47(21-7-8-22-47)53-45(57)42-25-37(52-44(56)31-15-17-33-28-61-49(59)39(33)23-31)27-54(42)46(58)32-16-18-34-29-62-50(60)40(34)24-32/h2-6,9-20,23-24,37,42,59-60H,7-8,21-22,25-29H2,1H3,(H,52,56)(H,53,57)/t37-,42+,48?/m1/s1. The Morgan fingerprint density at radius 3 is 2.08 bits per heavy atom. The molecule has 320 valence electrons. The molecule has 3 atom stereocenters. The molecular formula is C48H46B2ClN3O9. The first-order chi connectivity index (χ1) is 30.4. The maximum absolute atomic E-state index is 14.8. The number of aryl methyl sites for hydroxylation is 1. The molecule has 4 aliphatic rings. The number of esters is 1. The minimum absolute atomic E-state index is 0.0124. The molecule has 1 aliphatic carbocycles. The molecule has 5 aromatic carbocycles. The summed E-state index contributed by atoms with van der Waals surface area (Å²) in [5.41, 5.74) is 3.66. The van der Waals surface area contributed by atoms with Gasteiger partial charge < -0.3 is 39.6 Å². The Bertz CT molecular complexity index is 2570. The monoisotopic (exact) mass is 865 g/mol. The van der Waals surface area contributed by atoms with Gasteiger partial charge in [0.25, 0.3) is 11.8 Å². The van der Waals surface area contributed by atoms with E-state index in [0.29, 0.717) is 51.0 Å². The molecule has 1 saturated carbocycles. The van der Waals surface area contributed by atoms with Gasteiger partial charge in [-0.15, -0.1) is 0 Å². The summed E-state index contributed by atoms with van der Waals surface area (Å²) < 4.78 is 17.4. The van der Waals surface area contributed by atoms with Crippen LogP contribution in [0.25, 0.3) is 0 Å². The Kier molecular flexibility index (Phi) is 11.8. The topological polar surface area (TPSA) is 164 Å². The van der Waals surface area contributed by atoms with Crippen molar-refractivity contribution in [3.8, 4) is 0 Å². The average Bonchev–Trinajstić information content (AvgIpc) is 4.10. The second-order valence-corrected chi connectivity index (χ2v) is 17.5. The number of amides is 3. The number of ether oxygens (including phenoxy) is 1. The number of hydrogen-bond donors (Lipinski definition) is 4. The molecular weight excluding hydrogens is 820 g/mol. The molecule has 2 fully saturated rings. The molecule has 0 spiro atoms. The van der Waals surface area contributed by atoms with Crippen molar-refractivity contribution in [2.24, 2.45) is 0 Å². The second-order valence-electron chi connectivity index (χ2n) is 17.1. The summed E-state index contributed by atoms with van der Waals surface area (Å²) in [5.74, 6) is -1.90. The van der Waals surface area contributed by atoms with Crippen molar-refractivity contribution in [2.45, 2.75) is 81.9 Å². The fourth-order valence-electron chi connectivity index (χ4n) is 9.64. The van der Waals surface area contributed by atoms with E-state index < -0.39 is 61.2 Å². The molecule has 9 rings (SSSR count). The summed E-state index contributed by atoms with van der Waals surface area (Å²) in [6, 6.07) is 32.8. The van der Waals surface area contributed by atoms with Gasteiger partial charge in [0.2, 0.25) is 5.91 Å². The van der Waals surface area contributed by atoms with Crippen molar-refractivity contribution in [2.75, 3.05) is 6.54 Å². The molecule has 3 amide bonds. The zero-order valence-electron chi connectivity index (χ0n) is 34.7. The quantitative estimate of drug-likeness (QED) is 0.0854. The van der Waals surface area contributed by atoms with Crippen molar-refractivity contribution < 1.29 is 43.3 Å². The normalized spacial score (nSPS) is 19.6. The van der Waals surface area contributed by atoms with Gasteiger partial charge in [0.15, 0.2) is 5.60 Å². The van der Waals surface area contributed by atoms with E-state index in [1.807, 2.05) is 79.7 Å². The zero-order chi connectivity index (χ0) is 43.9. The van der Waals surface area contributed by atoms with E-state index in [9.17, 15) is 29.2 Å². The number of nitrogens with zero attached hydrogens (tertiary/aromatic N) is 1. The number of carbonyl (C=O) groups excluding carboxylic acids is 4. The first kappa shape index (κ1) is 42.5. The number of carbonyl (C=O) groups is 4. The minimum atomic E-state index is -1.44. The summed E-state index contributed by atoms with van der Waals surface area (Å²) in [6.45, 7) is 2.44. The van der Waals surface area contributed by atoms with E-state index in [0.717, 1.165) is 29.5 Å². The summed E-state index contributed by atoms with van der Waals surface area (Å²) in [6.07, 6.45) is 2.45. The Balaban J connectivity index is 1.00. The third kappa shape index (κ3) is 8.29. The predicted octanol–water partition coefficient (Wildman–Crippen LogP) is 4.45. The Hall–Kier alpha value is -5.76. The SMILES string of the molecule is Cc1ccc(C(OC(=O)CC2(NC(=O)[C@@H]3C[C@@H](NC(=O)c4ccc5c(c4)B(O)OC5)CN3C(=O)c3ccc4c(c3)B(O)OC4)CCCC2)(c2ccccc2)c2ccccc2Cl)cc1. The van der Waals surface area contributed by atoms with Crippen LogP contribution in [0.5, 0.6) is 0 Å². The molecule has 5 aromatic rings.